The van der Waals surface area contributed by atoms with Crippen molar-refractivity contribution in [1.29, 1.82) is 0 Å². The van der Waals surface area contributed by atoms with Crippen LogP contribution < -0.4 is 0 Å². The van der Waals surface area contributed by atoms with Crippen molar-refractivity contribution in [3.05, 3.63) is 0 Å². The van der Waals surface area contributed by atoms with Crippen LogP contribution in [0, 0.1) is 5.92 Å². The molecule has 5 nitrogen and oxygen atoms in total. The summed E-state index contributed by atoms with van der Waals surface area (Å²) in [4.78, 5) is 2.52. The van der Waals surface area contributed by atoms with E-state index in [-0.39, 0.29) is 17.2 Å². The molecule has 0 bridgehead atoms. The Morgan fingerprint density at radius 3 is 2.39 bits per heavy atom. The second kappa shape index (κ2) is 6.39. The van der Waals surface area contributed by atoms with Crippen molar-refractivity contribution in [3.63, 3.8) is 0 Å². The Labute approximate surface area is 141 Å². The molecule has 3 rings (SSSR count). The van der Waals surface area contributed by atoms with Crippen LogP contribution in [0.1, 0.15) is 33.6 Å². The van der Waals surface area contributed by atoms with Gasteiger partial charge < -0.3 is 19.0 Å². The zero-order valence-electron chi connectivity index (χ0n) is 15.2. The van der Waals surface area contributed by atoms with E-state index in [1.807, 2.05) is 0 Å². The van der Waals surface area contributed by atoms with E-state index in [1.54, 1.807) is 0 Å². The zero-order valence-corrected chi connectivity index (χ0v) is 16.2. The summed E-state index contributed by atoms with van der Waals surface area (Å²) in [6.45, 7) is 15.0. The van der Waals surface area contributed by atoms with Gasteiger partial charge in [-0.2, -0.15) is 0 Å². The molecule has 1 saturated carbocycles. The summed E-state index contributed by atoms with van der Waals surface area (Å²) in [7, 11) is -1.82. The number of hydrogen-bond donors (Lipinski definition) is 1. The normalized spacial score (nSPS) is 39.7. The smallest absolute Gasteiger partial charge is 0.192 e. The topological polar surface area (TPSA) is 51.2 Å². The minimum absolute atomic E-state index is 0.146. The van der Waals surface area contributed by atoms with Gasteiger partial charge in [0.2, 0.25) is 0 Å². The first-order chi connectivity index (χ1) is 10.7. The van der Waals surface area contributed by atoms with E-state index in [0.29, 0.717) is 12.0 Å². The molecule has 23 heavy (non-hydrogen) atoms. The Morgan fingerprint density at radius 1 is 1.13 bits per heavy atom. The van der Waals surface area contributed by atoms with Crippen LogP contribution in [0.25, 0.3) is 0 Å². The van der Waals surface area contributed by atoms with Crippen LogP contribution in [0.5, 0.6) is 0 Å². The Morgan fingerprint density at radius 2 is 1.78 bits per heavy atom. The first-order valence-electron chi connectivity index (χ1n) is 9.02. The SMILES string of the molecule is CC(C)(C)[Si](C)(C)O[C@@H]1C[C@H]2OC(O)C[C@H]2[C@H]1N1CCOCC1. The van der Waals surface area contributed by atoms with Crippen LogP contribution in [0.4, 0.5) is 0 Å². The lowest BCUT2D eigenvalue weighted by Crippen LogP contribution is -2.54. The molecule has 2 heterocycles. The van der Waals surface area contributed by atoms with Crippen LogP contribution in [0.2, 0.25) is 18.1 Å². The summed E-state index contributed by atoms with van der Waals surface area (Å²) in [6.07, 6.45) is 1.42. The van der Waals surface area contributed by atoms with Gasteiger partial charge in [-0.25, -0.2) is 0 Å². The minimum atomic E-state index is -1.82. The number of aliphatic hydroxyl groups is 1. The molecule has 2 aliphatic heterocycles. The molecule has 1 N–H and O–H groups in total. The third-order valence-corrected chi connectivity index (χ3v) is 10.8. The molecule has 0 aromatic heterocycles. The third kappa shape index (κ3) is 3.53. The summed E-state index contributed by atoms with van der Waals surface area (Å²) < 4.78 is 18.1. The van der Waals surface area contributed by atoms with Gasteiger partial charge in [0.05, 0.1) is 25.4 Å². The summed E-state index contributed by atoms with van der Waals surface area (Å²) in [5.74, 6) is 0.387. The van der Waals surface area contributed by atoms with Crippen molar-refractivity contribution >= 4 is 8.32 Å². The van der Waals surface area contributed by atoms with Crippen molar-refractivity contribution in [1.82, 2.24) is 4.90 Å². The average Bonchev–Trinajstić information content (AvgIpc) is 2.93. The van der Waals surface area contributed by atoms with Crippen molar-refractivity contribution in [3.8, 4) is 0 Å². The first kappa shape index (κ1) is 17.8. The second-order valence-corrected chi connectivity index (χ2v) is 13.6. The van der Waals surface area contributed by atoms with E-state index >= 15 is 0 Å². The highest BCUT2D eigenvalue weighted by atomic mass is 28.4. The molecular weight excluding hydrogens is 310 g/mol. The quantitative estimate of drug-likeness (QED) is 0.796. The lowest BCUT2D eigenvalue weighted by Gasteiger charge is -2.43. The molecule has 1 unspecified atom stereocenters. The number of hydrogen-bond acceptors (Lipinski definition) is 5. The van der Waals surface area contributed by atoms with E-state index in [1.165, 1.54) is 0 Å². The van der Waals surface area contributed by atoms with E-state index in [9.17, 15) is 5.11 Å². The fourth-order valence-corrected chi connectivity index (χ4v) is 5.38. The predicted octanol–water partition coefficient (Wildman–Crippen LogP) is 2.20. The second-order valence-electron chi connectivity index (χ2n) is 8.82. The molecule has 5 atom stereocenters. The molecule has 1 aliphatic carbocycles. The van der Waals surface area contributed by atoms with Crippen LogP contribution >= 0.6 is 0 Å². The molecule has 134 valence electrons. The van der Waals surface area contributed by atoms with Crippen LogP contribution in [0.15, 0.2) is 0 Å². The standard InChI is InChI=1S/C17H33NO4Si/c1-17(2,3)23(4,5)22-14-11-13-12(10-15(19)21-13)16(14)18-6-8-20-9-7-18/h12-16,19H,6-11H2,1-5H3/t12-,13-,14-,15?,16-/m1/s1. The Balaban J connectivity index is 1.78. The molecule has 2 saturated heterocycles. The zero-order chi connectivity index (χ0) is 16.8. The molecule has 3 fully saturated rings. The summed E-state index contributed by atoms with van der Waals surface area (Å²) in [5.41, 5.74) is 0. The maximum absolute atomic E-state index is 9.90. The lowest BCUT2D eigenvalue weighted by atomic mass is 9.97. The third-order valence-electron chi connectivity index (χ3n) is 6.29. The highest BCUT2D eigenvalue weighted by Gasteiger charge is 2.54. The molecule has 6 heteroatoms. The number of rotatable bonds is 3. The van der Waals surface area contributed by atoms with Crippen molar-refractivity contribution in [2.24, 2.45) is 5.92 Å². The van der Waals surface area contributed by atoms with Gasteiger partial charge in [-0.3, -0.25) is 4.90 Å². The molecule has 0 aromatic rings. The van der Waals surface area contributed by atoms with Gasteiger partial charge in [-0.05, 0) is 18.1 Å². The molecule has 0 aromatic carbocycles. The Kier molecular flexibility index (Phi) is 4.95. The van der Waals surface area contributed by atoms with Crippen LogP contribution in [0.3, 0.4) is 0 Å². The molecular formula is C17H33NO4Si. The van der Waals surface area contributed by atoms with Gasteiger partial charge in [-0.15, -0.1) is 0 Å². The van der Waals surface area contributed by atoms with E-state index in [2.05, 4.69) is 38.8 Å². The number of morpholine rings is 1. The van der Waals surface area contributed by atoms with Crippen LogP contribution in [-0.4, -0.2) is 69.2 Å². The highest BCUT2D eigenvalue weighted by molar-refractivity contribution is 6.74. The van der Waals surface area contributed by atoms with Crippen LogP contribution in [-0.2, 0) is 13.9 Å². The predicted molar refractivity (Wildman–Crippen MR) is 91.9 cm³/mol. The lowest BCUT2D eigenvalue weighted by molar-refractivity contribution is -0.0950. The fourth-order valence-electron chi connectivity index (χ4n) is 4.03. The first-order valence-corrected chi connectivity index (χ1v) is 11.9. The maximum atomic E-state index is 9.90. The molecule has 0 radical (unpaired) electrons. The Bertz CT molecular complexity index is 419. The number of ether oxygens (including phenoxy) is 2. The number of aliphatic hydroxyl groups excluding tert-OH is 1. The van der Waals surface area contributed by atoms with Gasteiger partial charge in [-0.1, -0.05) is 20.8 Å². The Hall–Kier alpha value is 0.0169. The largest absolute Gasteiger partial charge is 0.412 e. The summed E-state index contributed by atoms with van der Waals surface area (Å²) in [6, 6.07) is 0.357. The van der Waals surface area contributed by atoms with Gasteiger partial charge >= 0.3 is 0 Å². The van der Waals surface area contributed by atoms with Crippen molar-refractivity contribution < 1.29 is 19.0 Å². The molecule has 3 aliphatic rings. The average molecular weight is 344 g/mol. The van der Waals surface area contributed by atoms with Gasteiger partial charge in [0.1, 0.15) is 0 Å². The number of fused-ring (bicyclic) bond motifs is 1. The summed E-state index contributed by atoms with van der Waals surface area (Å²) >= 11 is 0. The van der Waals surface area contributed by atoms with Gasteiger partial charge in [0.25, 0.3) is 0 Å². The van der Waals surface area contributed by atoms with E-state index < -0.39 is 14.6 Å². The van der Waals surface area contributed by atoms with E-state index in [4.69, 9.17) is 13.9 Å². The van der Waals surface area contributed by atoms with Gasteiger partial charge in [0.15, 0.2) is 14.6 Å². The van der Waals surface area contributed by atoms with Gasteiger partial charge in [0, 0.05) is 37.9 Å². The molecule has 0 spiro atoms. The highest BCUT2D eigenvalue weighted by Crippen LogP contribution is 2.46. The molecule has 0 amide bonds. The monoisotopic (exact) mass is 343 g/mol. The van der Waals surface area contributed by atoms with Crippen molar-refractivity contribution in [2.45, 2.75) is 76.3 Å². The van der Waals surface area contributed by atoms with Crippen molar-refractivity contribution in [2.75, 3.05) is 26.3 Å². The summed E-state index contributed by atoms with van der Waals surface area (Å²) in [5, 5.41) is 10.1. The minimum Gasteiger partial charge on any atom is -0.412 e. The number of nitrogens with zero attached hydrogens (tertiary/aromatic N) is 1. The fraction of sp³-hybridized carbons (Fsp3) is 1.00. The maximum Gasteiger partial charge on any atom is 0.192 e. The van der Waals surface area contributed by atoms with E-state index in [0.717, 1.165) is 39.1 Å².